The van der Waals surface area contributed by atoms with E-state index in [0.29, 0.717) is 11.8 Å². The van der Waals surface area contributed by atoms with Gasteiger partial charge in [0.25, 0.3) is 0 Å². The highest BCUT2D eigenvalue weighted by molar-refractivity contribution is 5.38. The number of nitrogens with one attached hydrogen (secondary N) is 1. The zero-order valence-corrected chi connectivity index (χ0v) is 11.8. The van der Waals surface area contributed by atoms with E-state index in [1.54, 1.807) is 7.11 Å². The van der Waals surface area contributed by atoms with Crippen molar-refractivity contribution < 1.29 is 9.47 Å². The highest BCUT2D eigenvalue weighted by Crippen LogP contribution is 2.37. The lowest BCUT2D eigenvalue weighted by molar-refractivity contribution is 0.157. The van der Waals surface area contributed by atoms with E-state index in [2.05, 4.69) is 24.5 Å². The maximum Gasteiger partial charge on any atom is 0.122 e. The summed E-state index contributed by atoms with van der Waals surface area (Å²) in [6.07, 6.45) is 2.01. The summed E-state index contributed by atoms with van der Waals surface area (Å²) in [5.74, 6) is 7.66. The standard InChI is InChI=1S/C15H24N2O2/c1-11(7-9-18-2)15(17-16)13-8-10-19-14-6-4-3-5-12(13)14/h3-6,11,13,15,17H,7-10,16H2,1-2H3. The molecule has 1 heterocycles. The second-order valence-electron chi connectivity index (χ2n) is 5.23. The number of rotatable bonds is 6. The molecule has 0 fully saturated rings. The smallest absolute Gasteiger partial charge is 0.122 e. The topological polar surface area (TPSA) is 56.5 Å². The van der Waals surface area contributed by atoms with Crippen molar-refractivity contribution in [2.45, 2.75) is 31.7 Å². The first-order valence-corrected chi connectivity index (χ1v) is 6.94. The van der Waals surface area contributed by atoms with Crippen LogP contribution in [0.3, 0.4) is 0 Å². The van der Waals surface area contributed by atoms with Gasteiger partial charge in [0.15, 0.2) is 0 Å². The second kappa shape index (κ2) is 6.89. The van der Waals surface area contributed by atoms with Crippen LogP contribution in [-0.4, -0.2) is 26.4 Å². The van der Waals surface area contributed by atoms with Crippen LogP contribution in [-0.2, 0) is 4.74 Å². The van der Waals surface area contributed by atoms with Gasteiger partial charge in [-0.25, -0.2) is 0 Å². The van der Waals surface area contributed by atoms with Crippen LogP contribution in [0.4, 0.5) is 0 Å². The third-order valence-corrected chi connectivity index (χ3v) is 4.02. The van der Waals surface area contributed by atoms with Gasteiger partial charge in [-0.2, -0.15) is 0 Å². The number of para-hydroxylation sites is 1. The molecule has 0 bridgehead atoms. The molecule has 0 amide bonds. The van der Waals surface area contributed by atoms with Gasteiger partial charge in [0, 0.05) is 25.7 Å². The van der Waals surface area contributed by atoms with Gasteiger partial charge in [-0.05, 0) is 30.4 Å². The van der Waals surface area contributed by atoms with Crippen molar-refractivity contribution in [2.24, 2.45) is 11.8 Å². The van der Waals surface area contributed by atoms with Crippen molar-refractivity contribution in [3.05, 3.63) is 29.8 Å². The summed E-state index contributed by atoms with van der Waals surface area (Å²) < 4.78 is 10.9. The lowest BCUT2D eigenvalue weighted by Crippen LogP contribution is -2.45. The predicted octanol–water partition coefficient (Wildman–Crippen LogP) is 2.06. The molecule has 3 N–H and O–H groups in total. The minimum atomic E-state index is 0.250. The molecule has 3 unspecified atom stereocenters. The Bertz CT molecular complexity index is 397. The molecule has 0 saturated heterocycles. The van der Waals surface area contributed by atoms with E-state index in [1.165, 1.54) is 5.56 Å². The zero-order chi connectivity index (χ0) is 13.7. The molecule has 1 aliphatic rings. The molecule has 106 valence electrons. The Morgan fingerprint density at radius 2 is 2.26 bits per heavy atom. The van der Waals surface area contributed by atoms with Gasteiger partial charge in [0.2, 0.25) is 0 Å². The first kappa shape index (κ1) is 14.3. The highest BCUT2D eigenvalue weighted by Gasteiger charge is 2.31. The number of benzene rings is 1. The predicted molar refractivity (Wildman–Crippen MR) is 76.1 cm³/mol. The second-order valence-corrected chi connectivity index (χ2v) is 5.23. The molecular formula is C15H24N2O2. The van der Waals surface area contributed by atoms with Crippen LogP contribution in [0, 0.1) is 5.92 Å². The Morgan fingerprint density at radius 1 is 1.47 bits per heavy atom. The average Bonchev–Trinajstić information content (AvgIpc) is 2.46. The summed E-state index contributed by atoms with van der Waals surface area (Å²) in [4.78, 5) is 0. The lowest BCUT2D eigenvalue weighted by Gasteiger charge is -2.35. The van der Waals surface area contributed by atoms with Gasteiger partial charge in [-0.1, -0.05) is 25.1 Å². The van der Waals surface area contributed by atoms with Gasteiger partial charge in [-0.3, -0.25) is 11.3 Å². The lowest BCUT2D eigenvalue weighted by atomic mass is 9.80. The Kier molecular flexibility index (Phi) is 5.19. The van der Waals surface area contributed by atoms with Crippen LogP contribution >= 0.6 is 0 Å². The summed E-state index contributed by atoms with van der Waals surface area (Å²) in [5, 5.41) is 0. The average molecular weight is 264 g/mol. The van der Waals surface area contributed by atoms with Gasteiger partial charge in [-0.15, -0.1) is 0 Å². The molecule has 2 rings (SSSR count). The summed E-state index contributed by atoms with van der Waals surface area (Å²) >= 11 is 0. The molecule has 3 atom stereocenters. The number of fused-ring (bicyclic) bond motifs is 1. The van der Waals surface area contributed by atoms with Crippen molar-refractivity contribution in [1.29, 1.82) is 0 Å². The Labute approximate surface area is 115 Å². The van der Waals surface area contributed by atoms with Crippen molar-refractivity contribution >= 4 is 0 Å². The third-order valence-electron chi connectivity index (χ3n) is 4.02. The number of hydrogen-bond acceptors (Lipinski definition) is 4. The molecule has 0 saturated carbocycles. The Morgan fingerprint density at radius 3 is 3.00 bits per heavy atom. The van der Waals surface area contributed by atoms with Crippen LogP contribution in [0.5, 0.6) is 5.75 Å². The van der Waals surface area contributed by atoms with Crippen LogP contribution in [0.2, 0.25) is 0 Å². The number of methoxy groups -OCH3 is 1. The van der Waals surface area contributed by atoms with Crippen LogP contribution in [0.15, 0.2) is 24.3 Å². The zero-order valence-electron chi connectivity index (χ0n) is 11.8. The maximum atomic E-state index is 5.80. The molecule has 19 heavy (non-hydrogen) atoms. The molecule has 4 nitrogen and oxygen atoms in total. The minimum absolute atomic E-state index is 0.250. The maximum absolute atomic E-state index is 5.80. The monoisotopic (exact) mass is 264 g/mol. The van der Waals surface area contributed by atoms with E-state index in [9.17, 15) is 0 Å². The Balaban J connectivity index is 2.15. The number of hydrazine groups is 1. The van der Waals surface area contributed by atoms with Crippen molar-refractivity contribution in [3.8, 4) is 5.75 Å². The molecular weight excluding hydrogens is 240 g/mol. The molecule has 1 aromatic rings. The number of hydrogen-bond donors (Lipinski definition) is 2. The Hall–Kier alpha value is -1.10. The normalized spacial score (nSPS) is 21.3. The molecule has 0 aliphatic carbocycles. The SMILES string of the molecule is COCCC(C)C(NN)C1CCOc2ccccc21. The van der Waals surface area contributed by atoms with E-state index < -0.39 is 0 Å². The van der Waals surface area contributed by atoms with E-state index in [0.717, 1.165) is 31.8 Å². The van der Waals surface area contributed by atoms with Crippen molar-refractivity contribution in [1.82, 2.24) is 5.43 Å². The fourth-order valence-electron chi connectivity index (χ4n) is 2.90. The number of nitrogens with two attached hydrogens (primary N) is 1. The van der Waals surface area contributed by atoms with E-state index in [4.69, 9.17) is 15.3 Å². The molecule has 1 aliphatic heterocycles. The van der Waals surface area contributed by atoms with Gasteiger partial charge < -0.3 is 9.47 Å². The molecule has 0 radical (unpaired) electrons. The summed E-state index contributed by atoms with van der Waals surface area (Å²) in [6, 6.07) is 8.51. The van der Waals surface area contributed by atoms with Crippen molar-refractivity contribution in [2.75, 3.05) is 20.3 Å². The third kappa shape index (κ3) is 3.26. The van der Waals surface area contributed by atoms with Crippen LogP contribution < -0.4 is 16.0 Å². The van der Waals surface area contributed by atoms with E-state index in [-0.39, 0.29) is 6.04 Å². The van der Waals surface area contributed by atoms with Crippen LogP contribution in [0.1, 0.15) is 31.2 Å². The van der Waals surface area contributed by atoms with Gasteiger partial charge in [0.05, 0.1) is 6.61 Å². The van der Waals surface area contributed by atoms with E-state index >= 15 is 0 Å². The molecule has 0 spiro atoms. The highest BCUT2D eigenvalue weighted by atomic mass is 16.5. The summed E-state index contributed by atoms with van der Waals surface area (Å²) in [5.41, 5.74) is 4.28. The van der Waals surface area contributed by atoms with Gasteiger partial charge >= 0.3 is 0 Å². The molecule has 1 aromatic carbocycles. The fourth-order valence-corrected chi connectivity index (χ4v) is 2.90. The quantitative estimate of drug-likeness (QED) is 0.610. The summed E-state index contributed by atoms with van der Waals surface area (Å²) in [6.45, 7) is 3.75. The van der Waals surface area contributed by atoms with Gasteiger partial charge in [0.1, 0.15) is 5.75 Å². The van der Waals surface area contributed by atoms with E-state index in [1.807, 2.05) is 12.1 Å². The fraction of sp³-hybridized carbons (Fsp3) is 0.600. The van der Waals surface area contributed by atoms with Crippen LogP contribution in [0.25, 0.3) is 0 Å². The molecule has 4 heteroatoms. The first-order chi connectivity index (χ1) is 9.27. The molecule has 0 aromatic heterocycles. The number of ether oxygens (including phenoxy) is 2. The largest absolute Gasteiger partial charge is 0.493 e. The van der Waals surface area contributed by atoms with Crippen molar-refractivity contribution in [3.63, 3.8) is 0 Å². The first-order valence-electron chi connectivity index (χ1n) is 6.94. The minimum Gasteiger partial charge on any atom is -0.493 e. The summed E-state index contributed by atoms with van der Waals surface area (Å²) in [7, 11) is 1.74.